The van der Waals surface area contributed by atoms with E-state index in [0.29, 0.717) is 31.8 Å². The normalized spacial score (nSPS) is 10.5. The molecule has 0 atom stereocenters. The van der Waals surface area contributed by atoms with Crippen LogP contribution in [0, 0.1) is 0 Å². The van der Waals surface area contributed by atoms with Gasteiger partial charge in [-0.15, -0.1) is 11.3 Å². The smallest absolute Gasteiger partial charge is 0.254 e. The zero-order valence-corrected chi connectivity index (χ0v) is 15.3. The van der Waals surface area contributed by atoms with Gasteiger partial charge in [0.1, 0.15) is 12.4 Å². The molecule has 0 bridgehead atoms. The van der Waals surface area contributed by atoms with E-state index in [1.807, 2.05) is 60.0 Å². The summed E-state index contributed by atoms with van der Waals surface area (Å²) in [4.78, 5) is 15.7. The average Bonchev–Trinajstić information content (AvgIpc) is 3.20. The van der Waals surface area contributed by atoms with Crippen LogP contribution in [0.4, 0.5) is 0 Å². The minimum absolute atomic E-state index is 0.0153. The number of carbonyl (C=O) groups is 1. The summed E-state index contributed by atoms with van der Waals surface area (Å²) in [6.45, 7) is 2.06. The van der Waals surface area contributed by atoms with Gasteiger partial charge in [-0.3, -0.25) is 4.79 Å². The van der Waals surface area contributed by atoms with Crippen LogP contribution in [-0.4, -0.2) is 23.9 Å². The molecule has 2 aromatic carbocycles. The summed E-state index contributed by atoms with van der Waals surface area (Å²) < 4.78 is 5.78. The fourth-order valence-corrected chi connectivity index (χ4v) is 3.34. The molecular weight excluding hydrogens is 344 g/mol. The lowest BCUT2D eigenvalue weighted by atomic mass is 10.2. The van der Waals surface area contributed by atoms with E-state index in [1.165, 1.54) is 0 Å². The number of nitrogens with zero attached hydrogens (tertiary/aromatic N) is 1. The molecule has 1 aromatic heterocycles. The third-order valence-electron chi connectivity index (χ3n) is 3.96. The highest BCUT2D eigenvalue weighted by Gasteiger charge is 2.16. The van der Waals surface area contributed by atoms with Crippen molar-refractivity contribution < 1.29 is 9.53 Å². The lowest BCUT2D eigenvalue weighted by molar-refractivity contribution is 0.0750. The first-order valence-electron chi connectivity index (χ1n) is 8.55. The fraction of sp³-hybridized carbons (Fsp3) is 0.190. The van der Waals surface area contributed by atoms with Crippen LogP contribution in [0.15, 0.2) is 72.1 Å². The predicted octanol–water partition coefficient (Wildman–Crippen LogP) is 3.93. The zero-order valence-electron chi connectivity index (χ0n) is 14.5. The van der Waals surface area contributed by atoms with E-state index in [1.54, 1.807) is 28.4 Å². The van der Waals surface area contributed by atoms with Crippen LogP contribution in [0.1, 0.15) is 20.8 Å². The molecule has 3 rings (SSSR count). The number of hydrogen-bond donors (Lipinski definition) is 1. The van der Waals surface area contributed by atoms with Crippen molar-refractivity contribution in [2.24, 2.45) is 5.73 Å². The van der Waals surface area contributed by atoms with Gasteiger partial charge in [-0.2, -0.15) is 0 Å². The standard InChI is InChI=1S/C21H22N2O2S/c22-12-13-23(15-20-7-4-14-26-20)21(24)18-8-10-19(11-9-18)25-16-17-5-2-1-3-6-17/h1-11,14H,12-13,15-16,22H2. The maximum Gasteiger partial charge on any atom is 0.254 e. The van der Waals surface area contributed by atoms with Gasteiger partial charge >= 0.3 is 0 Å². The monoisotopic (exact) mass is 366 g/mol. The molecule has 0 aliphatic rings. The van der Waals surface area contributed by atoms with Crippen molar-refractivity contribution in [1.29, 1.82) is 0 Å². The fourth-order valence-electron chi connectivity index (χ4n) is 2.62. The van der Waals surface area contributed by atoms with E-state index >= 15 is 0 Å². The first-order chi connectivity index (χ1) is 12.8. The van der Waals surface area contributed by atoms with Crippen molar-refractivity contribution in [3.63, 3.8) is 0 Å². The van der Waals surface area contributed by atoms with E-state index in [2.05, 4.69) is 0 Å². The van der Waals surface area contributed by atoms with Crippen molar-refractivity contribution in [2.45, 2.75) is 13.2 Å². The number of amides is 1. The van der Waals surface area contributed by atoms with E-state index < -0.39 is 0 Å². The Kier molecular flexibility index (Phi) is 6.41. The molecular formula is C21H22N2O2S. The van der Waals surface area contributed by atoms with Crippen LogP contribution in [0.3, 0.4) is 0 Å². The van der Waals surface area contributed by atoms with Gasteiger partial charge in [-0.1, -0.05) is 36.4 Å². The summed E-state index contributed by atoms with van der Waals surface area (Å²) in [6.07, 6.45) is 0. The number of thiophene rings is 1. The first-order valence-corrected chi connectivity index (χ1v) is 9.43. The minimum Gasteiger partial charge on any atom is -0.489 e. The van der Waals surface area contributed by atoms with Crippen molar-refractivity contribution in [3.05, 3.63) is 88.1 Å². The Hall–Kier alpha value is -2.63. The van der Waals surface area contributed by atoms with Gasteiger partial charge < -0.3 is 15.4 Å². The van der Waals surface area contributed by atoms with Gasteiger partial charge in [0.15, 0.2) is 0 Å². The van der Waals surface area contributed by atoms with Gasteiger partial charge in [-0.05, 0) is 41.3 Å². The number of hydrogen-bond acceptors (Lipinski definition) is 4. The van der Waals surface area contributed by atoms with Crippen LogP contribution < -0.4 is 10.5 Å². The molecule has 4 nitrogen and oxygen atoms in total. The SMILES string of the molecule is NCCN(Cc1cccs1)C(=O)c1ccc(OCc2ccccc2)cc1. The highest BCUT2D eigenvalue weighted by molar-refractivity contribution is 7.09. The summed E-state index contributed by atoms with van der Waals surface area (Å²) in [6, 6.07) is 21.3. The van der Waals surface area contributed by atoms with Crippen LogP contribution in [0.5, 0.6) is 5.75 Å². The van der Waals surface area contributed by atoms with Crippen molar-refractivity contribution >= 4 is 17.2 Å². The number of carbonyl (C=O) groups excluding carboxylic acids is 1. The molecule has 0 saturated carbocycles. The summed E-state index contributed by atoms with van der Waals surface area (Å²) in [5.74, 6) is 0.729. The Labute approximate surface area is 157 Å². The summed E-state index contributed by atoms with van der Waals surface area (Å²) in [7, 11) is 0. The van der Waals surface area contributed by atoms with Crippen LogP contribution in [0.25, 0.3) is 0 Å². The second-order valence-corrected chi connectivity index (χ2v) is 6.93. The maximum absolute atomic E-state index is 12.8. The highest BCUT2D eigenvalue weighted by Crippen LogP contribution is 2.18. The first kappa shape index (κ1) is 18.2. The number of rotatable bonds is 8. The Bertz CT molecular complexity index is 802. The molecule has 2 N–H and O–H groups in total. The highest BCUT2D eigenvalue weighted by atomic mass is 32.1. The number of ether oxygens (including phenoxy) is 1. The second kappa shape index (κ2) is 9.17. The third-order valence-corrected chi connectivity index (χ3v) is 4.82. The van der Waals surface area contributed by atoms with E-state index in [-0.39, 0.29) is 5.91 Å². The van der Waals surface area contributed by atoms with Gasteiger partial charge in [0.2, 0.25) is 0 Å². The van der Waals surface area contributed by atoms with Crippen LogP contribution in [-0.2, 0) is 13.2 Å². The van der Waals surface area contributed by atoms with E-state index in [4.69, 9.17) is 10.5 Å². The Morgan fingerprint density at radius 2 is 1.77 bits per heavy atom. The van der Waals surface area contributed by atoms with Gasteiger partial charge in [0.05, 0.1) is 6.54 Å². The lowest BCUT2D eigenvalue weighted by Gasteiger charge is -2.21. The summed E-state index contributed by atoms with van der Waals surface area (Å²) in [5.41, 5.74) is 7.43. The molecule has 0 saturated heterocycles. The Morgan fingerprint density at radius 1 is 1.00 bits per heavy atom. The quantitative estimate of drug-likeness (QED) is 0.657. The Balaban J connectivity index is 1.63. The largest absolute Gasteiger partial charge is 0.489 e. The van der Waals surface area contributed by atoms with Gasteiger partial charge in [-0.25, -0.2) is 0 Å². The molecule has 0 aliphatic carbocycles. The molecule has 0 spiro atoms. The molecule has 0 radical (unpaired) electrons. The average molecular weight is 366 g/mol. The van der Waals surface area contributed by atoms with Crippen LogP contribution >= 0.6 is 11.3 Å². The second-order valence-electron chi connectivity index (χ2n) is 5.89. The van der Waals surface area contributed by atoms with Crippen molar-refractivity contribution in [3.8, 4) is 5.75 Å². The molecule has 1 heterocycles. The van der Waals surface area contributed by atoms with E-state index in [9.17, 15) is 4.79 Å². The van der Waals surface area contributed by atoms with Gasteiger partial charge in [0, 0.05) is 23.5 Å². The minimum atomic E-state index is -0.0153. The lowest BCUT2D eigenvalue weighted by Crippen LogP contribution is -2.34. The molecule has 5 heteroatoms. The topological polar surface area (TPSA) is 55.6 Å². The molecule has 0 fully saturated rings. The third kappa shape index (κ3) is 4.94. The molecule has 134 valence electrons. The summed E-state index contributed by atoms with van der Waals surface area (Å²) in [5, 5.41) is 2.01. The zero-order chi connectivity index (χ0) is 18.2. The predicted molar refractivity (Wildman–Crippen MR) is 105 cm³/mol. The van der Waals surface area contributed by atoms with Gasteiger partial charge in [0.25, 0.3) is 5.91 Å². The molecule has 0 unspecified atom stereocenters. The van der Waals surface area contributed by atoms with Crippen LogP contribution in [0.2, 0.25) is 0 Å². The molecule has 1 amide bonds. The van der Waals surface area contributed by atoms with Crippen molar-refractivity contribution in [1.82, 2.24) is 4.90 Å². The number of benzene rings is 2. The van der Waals surface area contributed by atoms with E-state index in [0.717, 1.165) is 16.2 Å². The summed E-state index contributed by atoms with van der Waals surface area (Å²) >= 11 is 1.64. The Morgan fingerprint density at radius 3 is 2.42 bits per heavy atom. The number of nitrogens with two attached hydrogens (primary N) is 1. The maximum atomic E-state index is 12.8. The molecule has 26 heavy (non-hydrogen) atoms. The molecule has 3 aromatic rings. The van der Waals surface area contributed by atoms with Crippen molar-refractivity contribution in [2.75, 3.05) is 13.1 Å². The molecule has 0 aliphatic heterocycles.